The zero-order valence-corrected chi connectivity index (χ0v) is 17.6. The van der Waals surface area contributed by atoms with Gasteiger partial charge in [-0.25, -0.2) is 0 Å². The highest BCUT2D eigenvalue weighted by Crippen LogP contribution is 2.23. The first kappa shape index (κ1) is 21.0. The normalized spacial score (nSPS) is 14.5. The number of nitrogens with zero attached hydrogens (tertiary/aromatic N) is 2. The van der Waals surface area contributed by atoms with Gasteiger partial charge in [0.1, 0.15) is 0 Å². The van der Waals surface area contributed by atoms with Crippen molar-refractivity contribution in [3.63, 3.8) is 0 Å². The minimum atomic E-state index is -0.153. The summed E-state index contributed by atoms with van der Waals surface area (Å²) in [5.74, 6) is -0.226. The summed E-state index contributed by atoms with van der Waals surface area (Å²) in [7, 11) is 0. The van der Waals surface area contributed by atoms with Crippen molar-refractivity contribution in [2.75, 3.05) is 43.4 Å². The van der Waals surface area contributed by atoms with Crippen molar-refractivity contribution >= 4 is 39.7 Å². The second-order valence-corrected chi connectivity index (χ2v) is 8.06. The van der Waals surface area contributed by atoms with Gasteiger partial charge in [0.05, 0.1) is 16.4 Å². The summed E-state index contributed by atoms with van der Waals surface area (Å²) >= 11 is 1.28. The SMILES string of the molecule is CCc1ccccc1NC(=O)CN1CCN(C(=O)c2ccc(NC(C)=O)s2)CC1. The molecule has 0 radical (unpaired) electrons. The highest BCUT2D eigenvalue weighted by atomic mass is 32.1. The summed E-state index contributed by atoms with van der Waals surface area (Å²) in [6.07, 6.45) is 0.865. The van der Waals surface area contributed by atoms with E-state index in [2.05, 4.69) is 22.5 Å². The fourth-order valence-electron chi connectivity index (χ4n) is 3.30. The summed E-state index contributed by atoms with van der Waals surface area (Å²) in [6.45, 7) is 6.27. The van der Waals surface area contributed by atoms with E-state index in [4.69, 9.17) is 0 Å². The zero-order chi connectivity index (χ0) is 20.8. The van der Waals surface area contributed by atoms with Crippen LogP contribution >= 0.6 is 11.3 Å². The lowest BCUT2D eigenvalue weighted by molar-refractivity contribution is -0.117. The molecule has 1 aromatic heterocycles. The Morgan fingerprint density at radius 3 is 2.41 bits per heavy atom. The van der Waals surface area contributed by atoms with Crippen LogP contribution in [-0.2, 0) is 16.0 Å². The highest BCUT2D eigenvalue weighted by Gasteiger charge is 2.24. The Kier molecular flexibility index (Phi) is 7.00. The molecule has 0 bridgehead atoms. The van der Waals surface area contributed by atoms with Crippen LogP contribution < -0.4 is 10.6 Å². The van der Waals surface area contributed by atoms with Crippen LogP contribution in [0.25, 0.3) is 0 Å². The number of aryl methyl sites for hydroxylation is 1. The quantitative estimate of drug-likeness (QED) is 0.761. The van der Waals surface area contributed by atoms with Crippen LogP contribution in [0.2, 0.25) is 0 Å². The van der Waals surface area contributed by atoms with E-state index >= 15 is 0 Å². The number of nitrogens with one attached hydrogen (secondary N) is 2. The Morgan fingerprint density at radius 1 is 1.00 bits per heavy atom. The Balaban J connectivity index is 1.48. The van der Waals surface area contributed by atoms with Crippen molar-refractivity contribution < 1.29 is 14.4 Å². The summed E-state index contributed by atoms with van der Waals surface area (Å²) in [5, 5.41) is 6.36. The number of thiophene rings is 1. The van der Waals surface area contributed by atoms with Gasteiger partial charge in [-0.1, -0.05) is 25.1 Å². The van der Waals surface area contributed by atoms with Gasteiger partial charge in [-0.15, -0.1) is 11.3 Å². The minimum Gasteiger partial charge on any atom is -0.335 e. The number of carbonyl (C=O) groups excluding carboxylic acids is 3. The third-order valence-corrected chi connectivity index (χ3v) is 5.80. The van der Waals surface area contributed by atoms with E-state index in [9.17, 15) is 14.4 Å². The van der Waals surface area contributed by atoms with Crippen LogP contribution in [0.3, 0.4) is 0 Å². The fourth-order valence-corrected chi connectivity index (χ4v) is 4.22. The molecule has 1 aliphatic rings. The molecule has 1 saturated heterocycles. The van der Waals surface area contributed by atoms with Gasteiger partial charge in [-0.3, -0.25) is 19.3 Å². The molecule has 154 valence electrons. The van der Waals surface area contributed by atoms with Crippen LogP contribution in [0.1, 0.15) is 29.1 Å². The monoisotopic (exact) mass is 414 g/mol. The lowest BCUT2D eigenvalue weighted by Crippen LogP contribution is -2.50. The molecule has 8 heteroatoms. The maximum Gasteiger partial charge on any atom is 0.264 e. The molecule has 1 fully saturated rings. The Morgan fingerprint density at radius 2 is 1.72 bits per heavy atom. The molecule has 0 atom stereocenters. The molecule has 2 N–H and O–H groups in total. The van der Waals surface area contributed by atoms with Gasteiger partial charge < -0.3 is 15.5 Å². The third kappa shape index (κ3) is 5.65. The van der Waals surface area contributed by atoms with E-state index in [1.165, 1.54) is 18.3 Å². The van der Waals surface area contributed by atoms with Crippen molar-refractivity contribution in [2.45, 2.75) is 20.3 Å². The third-order valence-electron chi connectivity index (χ3n) is 4.82. The highest BCUT2D eigenvalue weighted by molar-refractivity contribution is 7.18. The Bertz CT molecular complexity index is 888. The molecule has 7 nitrogen and oxygen atoms in total. The van der Waals surface area contributed by atoms with E-state index in [-0.39, 0.29) is 17.7 Å². The van der Waals surface area contributed by atoms with Crippen molar-refractivity contribution in [3.8, 4) is 0 Å². The van der Waals surface area contributed by atoms with Gasteiger partial charge in [0.25, 0.3) is 5.91 Å². The number of hydrogen-bond donors (Lipinski definition) is 2. The minimum absolute atomic E-state index is 0.0347. The molecule has 0 aliphatic carbocycles. The van der Waals surface area contributed by atoms with Crippen molar-refractivity contribution in [1.29, 1.82) is 0 Å². The summed E-state index contributed by atoms with van der Waals surface area (Å²) < 4.78 is 0. The second kappa shape index (κ2) is 9.67. The van der Waals surface area contributed by atoms with Crippen LogP contribution in [-0.4, -0.2) is 60.2 Å². The predicted octanol–water partition coefficient (Wildman–Crippen LogP) is 2.67. The molecule has 29 heavy (non-hydrogen) atoms. The van der Waals surface area contributed by atoms with Gasteiger partial charge in [0, 0.05) is 38.8 Å². The number of para-hydroxylation sites is 1. The van der Waals surface area contributed by atoms with Gasteiger partial charge in [0.15, 0.2) is 0 Å². The van der Waals surface area contributed by atoms with E-state index in [1.807, 2.05) is 24.3 Å². The smallest absolute Gasteiger partial charge is 0.264 e. The molecular formula is C21H26N4O3S. The fraction of sp³-hybridized carbons (Fsp3) is 0.381. The second-order valence-electron chi connectivity index (χ2n) is 6.97. The van der Waals surface area contributed by atoms with Gasteiger partial charge >= 0.3 is 0 Å². The topological polar surface area (TPSA) is 81.8 Å². The first-order chi connectivity index (χ1) is 14.0. The average molecular weight is 415 g/mol. The van der Waals surface area contributed by atoms with Crippen molar-refractivity contribution in [3.05, 3.63) is 46.8 Å². The first-order valence-corrected chi connectivity index (χ1v) is 10.5. The zero-order valence-electron chi connectivity index (χ0n) is 16.7. The van der Waals surface area contributed by atoms with E-state index in [0.717, 1.165) is 17.7 Å². The largest absolute Gasteiger partial charge is 0.335 e. The van der Waals surface area contributed by atoms with Crippen molar-refractivity contribution in [2.24, 2.45) is 0 Å². The molecule has 0 spiro atoms. The van der Waals surface area contributed by atoms with Gasteiger partial charge in [-0.05, 0) is 30.2 Å². The van der Waals surface area contributed by atoms with E-state index in [1.54, 1.807) is 17.0 Å². The lowest BCUT2D eigenvalue weighted by atomic mass is 10.1. The summed E-state index contributed by atoms with van der Waals surface area (Å²) in [4.78, 5) is 40.7. The lowest BCUT2D eigenvalue weighted by Gasteiger charge is -2.34. The number of anilines is 2. The maximum atomic E-state index is 12.7. The van der Waals surface area contributed by atoms with Gasteiger partial charge in [0.2, 0.25) is 11.8 Å². The summed E-state index contributed by atoms with van der Waals surface area (Å²) in [6, 6.07) is 11.3. The van der Waals surface area contributed by atoms with E-state index in [0.29, 0.717) is 42.6 Å². The molecule has 3 rings (SSSR count). The Hall–Kier alpha value is -2.71. The van der Waals surface area contributed by atoms with Gasteiger partial charge in [-0.2, -0.15) is 0 Å². The van der Waals surface area contributed by atoms with Crippen LogP contribution in [0.15, 0.2) is 36.4 Å². The number of rotatable bonds is 6. The predicted molar refractivity (Wildman–Crippen MR) is 115 cm³/mol. The molecule has 2 heterocycles. The van der Waals surface area contributed by atoms with Crippen molar-refractivity contribution in [1.82, 2.24) is 9.80 Å². The summed E-state index contributed by atoms with van der Waals surface area (Å²) in [5.41, 5.74) is 1.98. The van der Waals surface area contributed by atoms with E-state index < -0.39 is 0 Å². The van der Waals surface area contributed by atoms with Crippen LogP contribution in [0, 0.1) is 0 Å². The molecule has 1 aliphatic heterocycles. The number of benzene rings is 1. The first-order valence-electron chi connectivity index (χ1n) is 9.73. The van der Waals surface area contributed by atoms with Crippen LogP contribution in [0.5, 0.6) is 0 Å². The maximum absolute atomic E-state index is 12.7. The number of carbonyl (C=O) groups is 3. The van der Waals surface area contributed by atoms with Crippen LogP contribution in [0.4, 0.5) is 10.7 Å². The number of hydrogen-bond acceptors (Lipinski definition) is 5. The molecular weight excluding hydrogens is 388 g/mol. The molecule has 1 aromatic carbocycles. The Labute approximate surface area is 174 Å². The standard InChI is InChI=1S/C21H26N4O3S/c1-3-16-6-4-5-7-17(16)23-19(27)14-24-10-12-25(13-11-24)21(28)18-8-9-20(29-18)22-15(2)26/h4-9H,3,10-14H2,1-2H3,(H,22,26)(H,23,27). The molecule has 0 saturated carbocycles. The molecule has 3 amide bonds. The molecule has 2 aromatic rings. The average Bonchev–Trinajstić information content (AvgIpc) is 3.16. The number of amides is 3. The number of piperazine rings is 1. The molecule has 0 unspecified atom stereocenters.